The summed E-state index contributed by atoms with van der Waals surface area (Å²) in [5.41, 5.74) is 2.46. The molecule has 0 radical (unpaired) electrons. The van der Waals surface area contributed by atoms with Gasteiger partial charge in [0.05, 0.1) is 13.0 Å². The summed E-state index contributed by atoms with van der Waals surface area (Å²) in [7, 11) is 0. The Morgan fingerprint density at radius 1 is 1.21 bits per heavy atom. The SMILES string of the molecule is Cc1cnc2oc(CCOc3ccccc3)nc2c1. The molecule has 3 rings (SSSR count). The van der Waals surface area contributed by atoms with E-state index in [0.717, 1.165) is 16.8 Å². The fraction of sp³-hybridized carbons (Fsp3) is 0.200. The number of para-hydroxylation sites is 1. The minimum Gasteiger partial charge on any atom is -0.493 e. The number of benzene rings is 1. The number of hydrogen-bond acceptors (Lipinski definition) is 4. The molecular weight excluding hydrogens is 240 g/mol. The lowest BCUT2D eigenvalue weighted by molar-refractivity contribution is 0.308. The van der Waals surface area contributed by atoms with Gasteiger partial charge in [-0.25, -0.2) is 9.97 Å². The van der Waals surface area contributed by atoms with Crippen molar-refractivity contribution in [2.75, 3.05) is 6.61 Å². The van der Waals surface area contributed by atoms with Gasteiger partial charge in [-0.05, 0) is 30.7 Å². The molecule has 96 valence electrons. The highest BCUT2D eigenvalue weighted by Gasteiger charge is 2.07. The number of rotatable bonds is 4. The molecule has 0 bridgehead atoms. The second-order valence-electron chi connectivity index (χ2n) is 4.36. The summed E-state index contributed by atoms with van der Waals surface area (Å²) in [6.07, 6.45) is 2.40. The Hall–Kier alpha value is -2.36. The minimum absolute atomic E-state index is 0.538. The molecular formula is C15H14N2O2. The van der Waals surface area contributed by atoms with E-state index in [1.54, 1.807) is 6.20 Å². The summed E-state index contributed by atoms with van der Waals surface area (Å²) in [5, 5.41) is 0. The second kappa shape index (κ2) is 5.10. The normalized spacial score (nSPS) is 10.8. The van der Waals surface area contributed by atoms with Crippen molar-refractivity contribution in [2.24, 2.45) is 0 Å². The summed E-state index contributed by atoms with van der Waals surface area (Å²) in [6, 6.07) is 11.7. The number of nitrogens with zero attached hydrogens (tertiary/aromatic N) is 2. The first kappa shape index (κ1) is 11.7. The molecule has 0 saturated heterocycles. The van der Waals surface area contributed by atoms with Gasteiger partial charge in [-0.3, -0.25) is 0 Å². The van der Waals surface area contributed by atoms with Crippen LogP contribution in [0.25, 0.3) is 11.2 Å². The highest BCUT2D eigenvalue weighted by molar-refractivity contribution is 5.68. The topological polar surface area (TPSA) is 48.2 Å². The van der Waals surface area contributed by atoms with Gasteiger partial charge < -0.3 is 9.15 Å². The first-order chi connectivity index (χ1) is 9.31. The third kappa shape index (κ3) is 2.73. The van der Waals surface area contributed by atoms with Crippen molar-refractivity contribution in [3.63, 3.8) is 0 Å². The monoisotopic (exact) mass is 254 g/mol. The average molecular weight is 254 g/mol. The van der Waals surface area contributed by atoms with Crippen LogP contribution in [0.15, 0.2) is 47.0 Å². The Kier molecular flexibility index (Phi) is 3.14. The van der Waals surface area contributed by atoms with Crippen molar-refractivity contribution in [3.05, 3.63) is 54.0 Å². The molecule has 2 heterocycles. The van der Waals surface area contributed by atoms with Gasteiger partial charge in [0.15, 0.2) is 0 Å². The van der Waals surface area contributed by atoms with E-state index in [9.17, 15) is 0 Å². The highest BCUT2D eigenvalue weighted by Crippen LogP contribution is 2.15. The average Bonchev–Trinajstić information content (AvgIpc) is 2.82. The molecule has 0 fully saturated rings. The van der Waals surface area contributed by atoms with Crippen LogP contribution < -0.4 is 4.74 Å². The van der Waals surface area contributed by atoms with Crippen LogP contribution in [-0.4, -0.2) is 16.6 Å². The number of fused-ring (bicyclic) bond motifs is 1. The third-order valence-corrected chi connectivity index (χ3v) is 2.76. The summed E-state index contributed by atoms with van der Waals surface area (Å²) >= 11 is 0. The predicted octanol–water partition coefficient (Wildman–Crippen LogP) is 3.15. The number of hydrogen-bond donors (Lipinski definition) is 0. The zero-order chi connectivity index (χ0) is 13.1. The smallest absolute Gasteiger partial charge is 0.246 e. The molecule has 0 unspecified atom stereocenters. The number of pyridine rings is 1. The molecule has 1 aromatic carbocycles. The Morgan fingerprint density at radius 2 is 2.05 bits per heavy atom. The maximum atomic E-state index is 5.61. The summed E-state index contributed by atoms with van der Waals surface area (Å²) in [6.45, 7) is 2.52. The Morgan fingerprint density at radius 3 is 2.89 bits per heavy atom. The molecule has 0 N–H and O–H groups in total. The van der Waals surface area contributed by atoms with Gasteiger partial charge in [0, 0.05) is 6.20 Å². The Bertz CT molecular complexity index is 677. The van der Waals surface area contributed by atoms with E-state index in [1.807, 2.05) is 43.3 Å². The van der Waals surface area contributed by atoms with Gasteiger partial charge in [-0.2, -0.15) is 0 Å². The van der Waals surface area contributed by atoms with E-state index in [4.69, 9.17) is 9.15 Å². The Balaban J connectivity index is 1.65. The number of aryl methyl sites for hydroxylation is 1. The fourth-order valence-corrected chi connectivity index (χ4v) is 1.85. The predicted molar refractivity (Wildman–Crippen MR) is 72.2 cm³/mol. The standard InChI is InChI=1S/C15H14N2O2/c1-11-9-13-15(16-10-11)19-14(17-13)7-8-18-12-5-3-2-4-6-12/h2-6,9-10H,7-8H2,1H3. The molecule has 0 saturated carbocycles. The number of aromatic nitrogens is 2. The lowest BCUT2D eigenvalue weighted by Gasteiger charge is -2.03. The van der Waals surface area contributed by atoms with Crippen LogP contribution in [0.4, 0.5) is 0 Å². The van der Waals surface area contributed by atoms with Gasteiger partial charge >= 0.3 is 0 Å². The van der Waals surface area contributed by atoms with E-state index in [-0.39, 0.29) is 0 Å². The summed E-state index contributed by atoms with van der Waals surface area (Å²) in [4.78, 5) is 8.59. The molecule has 0 spiro atoms. The molecule has 0 amide bonds. The summed E-state index contributed by atoms with van der Waals surface area (Å²) < 4.78 is 11.2. The molecule has 0 aliphatic carbocycles. The van der Waals surface area contributed by atoms with Gasteiger partial charge in [-0.1, -0.05) is 18.2 Å². The van der Waals surface area contributed by atoms with Crippen LogP contribution in [0.3, 0.4) is 0 Å². The highest BCUT2D eigenvalue weighted by atomic mass is 16.5. The van der Waals surface area contributed by atoms with Crippen LogP contribution in [0, 0.1) is 6.92 Å². The van der Waals surface area contributed by atoms with E-state index >= 15 is 0 Å². The van der Waals surface area contributed by atoms with Crippen molar-refractivity contribution in [2.45, 2.75) is 13.3 Å². The van der Waals surface area contributed by atoms with Crippen LogP contribution in [-0.2, 0) is 6.42 Å². The van der Waals surface area contributed by atoms with E-state index in [0.29, 0.717) is 24.6 Å². The minimum atomic E-state index is 0.538. The molecule has 4 nitrogen and oxygen atoms in total. The molecule has 4 heteroatoms. The maximum Gasteiger partial charge on any atom is 0.246 e. The fourth-order valence-electron chi connectivity index (χ4n) is 1.85. The lowest BCUT2D eigenvalue weighted by Crippen LogP contribution is -2.01. The number of ether oxygens (including phenoxy) is 1. The van der Waals surface area contributed by atoms with E-state index in [2.05, 4.69) is 9.97 Å². The lowest BCUT2D eigenvalue weighted by atomic mass is 10.3. The first-order valence-corrected chi connectivity index (χ1v) is 6.21. The molecule has 0 aliphatic rings. The van der Waals surface area contributed by atoms with Gasteiger partial charge in [0.1, 0.15) is 11.3 Å². The molecule has 19 heavy (non-hydrogen) atoms. The third-order valence-electron chi connectivity index (χ3n) is 2.76. The first-order valence-electron chi connectivity index (χ1n) is 6.21. The van der Waals surface area contributed by atoms with Crippen LogP contribution in [0.5, 0.6) is 5.75 Å². The zero-order valence-electron chi connectivity index (χ0n) is 10.7. The number of oxazole rings is 1. The van der Waals surface area contributed by atoms with Crippen LogP contribution >= 0.6 is 0 Å². The Labute approximate surface area is 111 Å². The van der Waals surface area contributed by atoms with Crippen molar-refractivity contribution >= 4 is 11.2 Å². The summed E-state index contributed by atoms with van der Waals surface area (Å²) in [5.74, 6) is 1.51. The van der Waals surface area contributed by atoms with Crippen molar-refractivity contribution in [1.29, 1.82) is 0 Å². The van der Waals surface area contributed by atoms with Crippen molar-refractivity contribution in [1.82, 2.24) is 9.97 Å². The van der Waals surface area contributed by atoms with E-state index in [1.165, 1.54) is 0 Å². The van der Waals surface area contributed by atoms with E-state index < -0.39 is 0 Å². The van der Waals surface area contributed by atoms with Crippen LogP contribution in [0.2, 0.25) is 0 Å². The van der Waals surface area contributed by atoms with Gasteiger partial charge in [-0.15, -0.1) is 0 Å². The molecule has 0 aliphatic heterocycles. The largest absolute Gasteiger partial charge is 0.493 e. The van der Waals surface area contributed by atoms with Crippen molar-refractivity contribution in [3.8, 4) is 5.75 Å². The molecule has 2 aromatic heterocycles. The second-order valence-corrected chi connectivity index (χ2v) is 4.36. The van der Waals surface area contributed by atoms with Gasteiger partial charge in [0.25, 0.3) is 0 Å². The van der Waals surface area contributed by atoms with Crippen LogP contribution in [0.1, 0.15) is 11.5 Å². The van der Waals surface area contributed by atoms with Crippen molar-refractivity contribution < 1.29 is 9.15 Å². The molecule has 3 aromatic rings. The maximum absolute atomic E-state index is 5.61. The zero-order valence-corrected chi connectivity index (χ0v) is 10.7. The molecule has 0 atom stereocenters. The quantitative estimate of drug-likeness (QED) is 0.717. The van der Waals surface area contributed by atoms with Gasteiger partial charge in [0.2, 0.25) is 11.6 Å².